The first-order valence-electron chi connectivity index (χ1n) is 9.90. The predicted molar refractivity (Wildman–Crippen MR) is 115 cm³/mol. The lowest BCUT2D eigenvalue weighted by Crippen LogP contribution is -2.12. The van der Waals surface area contributed by atoms with Gasteiger partial charge in [0.15, 0.2) is 0 Å². The van der Waals surface area contributed by atoms with Crippen LogP contribution in [0.15, 0.2) is 54.9 Å². The Morgan fingerprint density at radius 2 is 2.07 bits per heavy atom. The van der Waals surface area contributed by atoms with Gasteiger partial charge in [-0.25, -0.2) is 14.4 Å². The average Bonchev–Trinajstić information content (AvgIpc) is 3.07. The number of nitrogens with zero attached hydrogens (tertiary/aromatic N) is 3. The smallest absolute Gasteiger partial charge is 0.150 e. The zero-order chi connectivity index (χ0) is 20.7. The van der Waals surface area contributed by atoms with Crippen LogP contribution in [0.4, 0.5) is 10.2 Å². The van der Waals surface area contributed by atoms with Crippen molar-refractivity contribution in [2.75, 3.05) is 5.73 Å². The first kappa shape index (κ1) is 18.9. The van der Waals surface area contributed by atoms with Gasteiger partial charge in [0.2, 0.25) is 0 Å². The number of aromatic nitrogens is 3. The van der Waals surface area contributed by atoms with Crippen molar-refractivity contribution in [1.29, 1.82) is 0 Å². The largest absolute Gasteiger partial charge is 0.489 e. The summed E-state index contributed by atoms with van der Waals surface area (Å²) in [5, 5.41) is 0.360. The van der Waals surface area contributed by atoms with Crippen molar-refractivity contribution < 1.29 is 9.13 Å². The summed E-state index contributed by atoms with van der Waals surface area (Å²) in [6.07, 6.45) is 7.11. The molecule has 0 unspecified atom stereocenters. The van der Waals surface area contributed by atoms with E-state index in [1.165, 1.54) is 12.5 Å². The fourth-order valence-corrected chi connectivity index (χ4v) is 3.93. The molecule has 0 atom stereocenters. The lowest BCUT2D eigenvalue weighted by atomic mass is 9.85. The number of halogens is 2. The lowest BCUT2D eigenvalue weighted by molar-refractivity contribution is 0.300. The molecule has 0 aliphatic heterocycles. The molecular weight excluding hydrogens is 403 g/mol. The summed E-state index contributed by atoms with van der Waals surface area (Å²) in [4.78, 5) is 9.20. The SMILES string of the molecule is Nc1nccn2c(C3CCC3)nc(-c3cccc(OCc4ccc(Cl)cc4F)c3)c12. The van der Waals surface area contributed by atoms with E-state index >= 15 is 0 Å². The minimum Gasteiger partial charge on any atom is -0.489 e. The number of fused-ring (bicyclic) bond motifs is 1. The van der Waals surface area contributed by atoms with Gasteiger partial charge in [0.05, 0.1) is 0 Å². The van der Waals surface area contributed by atoms with Crippen LogP contribution in [-0.4, -0.2) is 14.4 Å². The highest BCUT2D eigenvalue weighted by Gasteiger charge is 2.26. The summed E-state index contributed by atoms with van der Waals surface area (Å²) in [6.45, 7) is 0.105. The number of hydrogen-bond acceptors (Lipinski definition) is 4. The first-order chi connectivity index (χ1) is 14.6. The van der Waals surface area contributed by atoms with Crippen LogP contribution in [0.3, 0.4) is 0 Å². The van der Waals surface area contributed by atoms with Crippen LogP contribution in [0, 0.1) is 5.82 Å². The molecule has 1 aliphatic carbocycles. The molecule has 4 aromatic rings. The molecule has 0 spiro atoms. The molecule has 0 saturated heterocycles. The fraction of sp³-hybridized carbons (Fsp3) is 0.217. The van der Waals surface area contributed by atoms with Crippen molar-refractivity contribution in [2.24, 2.45) is 0 Å². The molecule has 1 aliphatic rings. The highest BCUT2D eigenvalue weighted by atomic mass is 35.5. The molecule has 2 N–H and O–H groups in total. The molecule has 2 heterocycles. The van der Waals surface area contributed by atoms with E-state index in [4.69, 9.17) is 27.1 Å². The monoisotopic (exact) mass is 422 g/mol. The molecule has 1 fully saturated rings. The number of nitrogen functional groups attached to an aromatic ring is 1. The van der Waals surface area contributed by atoms with Crippen molar-refractivity contribution in [2.45, 2.75) is 31.8 Å². The zero-order valence-corrected chi connectivity index (χ0v) is 16.9. The Labute approximate surface area is 178 Å². The van der Waals surface area contributed by atoms with Gasteiger partial charge in [0.1, 0.15) is 41.0 Å². The van der Waals surface area contributed by atoms with Crippen molar-refractivity contribution >= 4 is 22.9 Å². The third-order valence-corrected chi connectivity index (χ3v) is 5.83. The summed E-state index contributed by atoms with van der Waals surface area (Å²) in [6, 6.07) is 12.2. The molecular formula is C23H20ClFN4O. The molecule has 0 radical (unpaired) electrons. The van der Waals surface area contributed by atoms with Crippen molar-refractivity contribution in [3.8, 4) is 17.0 Å². The molecule has 1 saturated carbocycles. The van der Waals surface area contributed by atoms with E-state index in [1.54, 1.807) is 18.3 Å². The van der Waals surface area contributed by atoms with Crippen LogP contribution in [0.2, 0.25) is 5.02 Å². The second kappa shape index (κ2) is 7.61. The van der Waals surface area contributed by atoms with Crippen molar-refractivity contribution in [3.63, 3.8) is 0 Å². The third-order valence-electron chi connectivity index (χ3n) is 5.60. The molecule has 5 rings (SSSR count). The molecule has 0 bridgehead atoms. The Morgan fingerprint density at radius 1 is 1.20 bits per heavy atom. The maximum atomic E-state index is 14.0. The van der Waals surface area contributed by atoms with Crippen molar-refractivity contribution in [1.82, 2.24) is 14.4 Å². The number of rotatable bonds is 5. The van der Waals surface area contributed by atoms with Crippen LogP contribution in [0.25, 0.3) is 16.8 Å². The second-order valence-corrected chi connectivity index (χ2v) is 7.97. The second-order valence-electron chi connectivity index (χ2n) is 7.53. The van der Waals surface area contributed by atoms with Crippen LogP contribution >= 0.6 is 11.6 Å². The predicted octanol–water partition coefficient (Wildman–Crippen LogP) is 5.62. The average molecular weight is 423 g/mol. The van der Waals surface area contributed by atoms with E-state index in [0.29, 0.717) is 28.1 Å². The van der Waals surface area contributed by atoms with Crippen LogP contribution in [0.1, 0.15) is 36.6 Å². The van der Waals surface area contributed by atoms with E-state index in [1.807, 2.05) is 30.5 Å². The Bertz CT molecular complexity index is 1240. The number of benzene rings is 2. The molecule has 5 nitrogen and oxygen atoms in total. The molecule has 7 heteroatoms. The third kappa shape index (κ3) is 3.37. The van der Waals surface area contributed by atoms with E-state index in [0.717, 1.165) is 35.4 Å². The summed E-state index contributed by atoms with van der Waals surface area (Å²) in [5.41, 5.74) is 9.13. The normalized spacial score (nSPS) is 14.1. The van der Waals surface area contributed by atoms with E-state index < -0.39 is 0 Å². The fourth-order valence-electron chi connectivity index (χ4n) is 3.78. The number of nitrogens with two attached hydrogens (primary N) is 1. The summed E-state index contributed by atoms with van der Waals surface area (Å²) in [7, 11) is 0. The maximum Gasteiger partial charge on any atom is 0.150 e. The topological polar surface area (TPSA) is 65.4 Å². The van der Waals surface area contributed by atoms with Gasteiger partial charge in [-0.15, -0.1) is 0 Å². The molecule has 2 aromatic carbocycles. The Morgan fingerprint density at radius 3 is 2.83 bits per heavy atom. The van der Waals surface area contributed by atoms with Gasteiger partial charge in [-0.2, -0.15) is 0 Å². The van der Waals surface area contributed by atoms with Gasteiger partial charge in [0.25, 0.3) is 0 Å². The quantitative estimate of drug-likeness (QED) is 0.453. The number of hydrogen-bond donors (Lipinski definition) is 1. The van der Waals surface area contributed by atoms with Gasteiger partial charge >= 0.3 is 0 Å². The van der Waals surface area contributed by atoms with Crippen LogP contribution in [-0.2, 0) is 6.61 Å². The number of anilines is 1. The van der Waals surface area contributed by atoms with Crippen molar-refractivity contribution in [3.05, 3.63) is 77.1 Å². The van der Waals surface area contributed by atoms with E-state index in [-0.39, 0.29) is 12.4 Å². The first-order valence-corrected chi connectivity index (χ1v) is 10.3. The Kier molecular flexibility index (Phi) is 4.79. The standard InChI is InChI=1S/C23H20ClFN4O/c24-17-8-7-16(19(25)12-17)13-30-18-6-2-5-15(11-18)20-21-22(26)27-9-10-29(21)23(28-20)14-3-1-4-14/h2,5-12,14H,1,3-4,13H2,(H2,26,27). The number of ether oxygens (including phenoxy) is 1. The van der Waals surface area contributed by atoms with Gasteiger partial charge in [0, 0.05) is 34.5 Å². The van der Waals surface area contributed by atoms with Gasteiger partial charge in [-0.1, -0.05) is 36.2 Å². The van der Waals surface area contributed by atoms with Gasteiger partial charge < -0.3 is 10.5 Å². The highest BCUT2D eigenvalue weighted by Crippen LogP contribution is 2.39. The van der Waals surface area contributed by atoms with E-state index in [9.17, 15) is 4.39 Å². The molecule has 30 heavy (non-hydrogen) atoms. The zero-order valence-electron chi connectivity index (χ0n) is 16.2. The van der Waals surface area contributed by atoms with Gasteiger partial charge in [-0.05, 0) is 37.1 Å². The lowest BCUT2D eigenvalue weighted by Gasteiger charge is -2.23. The highest BCUT2D eigenvalue weighted by molar-refractivity contribution is 6.30. The summed E-state index contributed by atoms with van der Waals surface area (Å²) < 4.78 is 21.9. The molecule has 0 amide bonds. The summed E-state index contributed by atoms with van der Waals surface area (Å²) >= 11 is 5.82. The maximum absolute atomic E-state index is 14.0. The molecule has 2 aromatic heterocycles. The molecule has 152 valence electrons. The van der Waals surface area contributed by atoms with Crippen LogP contribution < -0.4 is 10.5 Å². The minimum absolute atomic E-state index is 0.105. The minimum atomic E-state index is -0.386. The Balaban J connectivity index is 1.49. The summed E-state index contributed by atoms with van der Waals surface area (Å²) in [5.74, 6) is 2.15. The van der Waals surface area contributed by atoms with E-state index in [2.05, 4.69) is 9.38 Å². The Hall–Kier alpha value is -3.12. The van der Waals surface area contributed by atoms with Crippen LogP contribution in [0.5, 0.6) is 5.75 Å². The van der Waals surface area contributed by atoms with Gasteiger partial charge in [-0.3, -0.25) is 4.40 Å². The number of imidazole rings is 1.